The Morgan fingerprint density at radius 1 is 1.06 bits per heavy atom. The van der Waals surface area contributed by atoms with Crippen LogP contribution in [0.5, 0.6) is 17.2 Å². The van der Waals surface area contributed by atoms with Crippen LogP contribution in [0.3, 0.4) is 0 Å². The van der Waals surface area contributed by atoms with E-state index in [2.05, 4.69) is 10.3 Å². The zero-order valence-electron chi connectivity index (χ0n) is 17.0. The zero-order chi connectivity index (χ0) is 23.9. The quantitative estimate of drug-likeness (QED) is 0.377. The van der Waals surface area contributed by atoms with Crippen molar-refractivity contribution in [3.05, 3.63) is 53.2 Å². The number of carbonyl (C=O) groups excluding carboxylic acids is 2. The van der Waals surface area contributed by atoms with Crippen LogP contribution in [0.1, 0.15) is 23.2 Å². The molecule has 1 aliphatic rings. The Balaban J connectivity index is 1.75. The molecular weight excluding hydrogens is 448 g/mol. The summed E-state index contributed by atoms with van der Waals surface area (Å²) in [5.74, 6) is -9.88. The third kappa shape index (κ3) is 4.19. The van der Waals surface area contributed by atoms with E-state index in [1.165, 1.54) is 31.5 Å². The van der Waals surface area contributed by atoms with E-state index in [1.54, 1.807) is 5.32 Å². The molecule has 0 saturated heterocycles. The molecule has 0 bridgehead atoms. The number of fused-ring (bicyclic) bond motifs is 1. The lowest BCUT2D eigenvalue weighted by atomic mass is 10.1. The average Bonchev–Trinajstić information content (AvgIpc) is 3.61. The zero-order valence-corrected chi connectivity index (χ0v) is 17.0. The second-order valence-electron chi connectivity index (χ2n) is 7.18. The summed E-state index contributed by atoms with van der Waals surface area (Å²) in [6.45, 7) is 0. The molecular formula is C21H16F4N4O4. The van der Waals surface area contributed by atoms with Gasteiger partial charge in [0.2, 0.25) is 17.4 Å². The summed E-state index contributed by atoms with van der Waals surface area (Å²) in [6, 6.07) is 2.55. The molecule has 4 N–H and O–H groups in total. The molecule has 0 radical (unpaired) electrons. The van der Waals surface area contributed by atoms with Crippen molar-refractivity contribution in [2.45, 2.75) is 18.9 Å². The highest BCUT2D eigenvalue weighted by molar-refractivity contribution is 6.01. The first kappa shape index (κ1) is 22.1. The van der Waals surface area contributed by atoms with Crippen LogP contribution < -0.4 is 25.8 Å². The van der Waals surface area contributed by atoms with Gasteiger partial charge in [0.25, 0.3) is 5.91 Å². The van der Waals surface area contributed by atoms with E-state index in [4.69, 9.17) is 15.2 Å². The van der Waals surface area contributed by atoms with Crippen molar-refractivity contribution in [3.63, 3.8) is 0 Å². The Kier molecular flexibility index (Phi) is 5.66. The first-order chi connectivity index (χ1) is 15.7. The number of aromatic nitrogens is 1. The molecule has 172 valence electrons. The van der Waals surface area contributed by atoms with Crippen molar-refractivity contribution < 1.29 is 36.6 Å². The summed E-state index contributed by atoms with van der Waals surface area (Å²) in [6.07, 6.45) is 2.59. The maximum Gasteiger partial charge on any atom is 0.319 e. The minimum absolute atomic E-state index is 0.0673. The van der Waals surface area contributed by atoms with Gasteiger partial charge < -0.3 is 25.8 Å². The van der Waals surface area contributed by atoms with Gasteiger partial charge in [0.05, 0.1) is 18.2 Å². The van der Waals surface area contributed by atoms with Crippen molar-refractivity contribution in [3.8, 4) is 17.2 Å². The molecule has 1 aliphatic carbocycles. The van der Waals surface area contributed by atoms with Crippen LogP contribution in [0.15, 0.2) is 24.4 Å². The third-order valence-corrected chi connectivity index (χ3v) is 4.87. The number of urea groups is 1. The molecule has 0 aliphatic heterocycles. The smallest absolute Gasteiger partial charge is 0.319 e. The number of halogens is 4. The monoisotopic (exact) mass is 464 g/mol. The molecule has 3 aromatic rings. The predicted octanol–water partition coefficient (Wildman–Crippen LogP) is 3.97. The molecule has 12 heteroatoms. The molecule has 8 nitrogen and oxygen atoms in total. The molecule has 1 fully saturated rings. The number of benzene rings is 2. The topological polar surface area (TPSA) is 116 Å². The highest BCUT2D eigenvalue weighted by Crippen LogP contribution is 2.38. The van der Waals surface area contributed by atoms with Crippen LogP contribution in [0.4, 0.5) is 28.0 Å². The molecule has 2 aromatic carbocycles. The molecule has 0 spiro atoms. The summed E-state index contributed by atoms with van der Waals surface area (Å²) < 4.78 is 68.6. The van der Waals surface area contributed by atoms with Crippen molar-refractivity contribution in [2.75, 3.05) is 12.4 Å². The van der Waals surface area contributed by atoms with Crippen molar-refractivity contribution in [1.82, 2.24) is 10.3 Å². The Morgan fingerprint density at radius 3 is 2.30 bits per heavy atom. The van der Waals surface area contributed by atoms with Crippen LogP contribution in [0, 0.1) is 23.3 Å². The number of nitrogens with one attached hydrogen (secondary N) is 2. The van der Waals surface area contributed by atoms with E-state index >= 15 is 0 Å². The fraction of sp³-hybridized carbons (Fsp3) is 0.190. The van der Waals surface area contributed by atoms with Gasteiger partial charge in [0, 0.05) is 23.7 Å². The summed E-state index contributed by atoms with van der Waals surface area (Å²) in [4.78, 5) is 27.5. The Morgan fingerprint density at radius 2 is 1.73 bits per heavy atom. The molecule has 0 unspecified atom stereocenters. The number of anilines is 1. The van der Waals surface area contributed by atoms with Gasteiger partial charge in [-0.25, -0.2) is 13.6 Å². The van der Waals surface area contributed by atoms with Crippen LogP contribution >= 0.6 is 0 Å². The first-order valence-corrected chi connectivity index (χ1v) is 9.59. The Hall–Kier alpha value is -4.09. The number of hydrogen-bond acceptors (Lipinski definition) is 5. The highest BCUT2D eigenvalue weighted by Gasteiger charge is 2.30. The average molecular weight is 464 g/mol. The molecule has 1 aromatic heterocycles. The first-order valence-electron chi connectivity index (χ1n) is 9.59. The SMILES string of the molecule is COc1cc2nccc(Oc3c(F)c(F)c(NC(=O)NC4CC4)c(F)c3F)c2cc1C(N)=O. The van der Waals surface area contributed by atoms with Gasteiger partial charge in [-0.2, -0.15) is 8.78 Å². The lowest BCUT2D eigenvalue weighted by Crippen LogP contribution is -2.31. The van der Waals surface area contributed by atoms with Crippen LogP contribution in [0.2, 0.25) is 0 Å². The van der Waals surface area contributed by atoms with Gasteiger partial charge in [-0.05, 0) is 25.0 Å². The molecule has 0 atom stereocenters. The number of rotatable bonds is 6. The molecule has 33 heavy (non-hydrogen) atoms. The van der Waals surface area contributed by atoms with Gasteiger partial charge >= 0.3 is 6.03 Å². The standard InChI is InChI=1S/C21H16F4N4O4/c1-32-13-7-11-9(6-10(13)20(26)30)12(4-5-27-11)33-19-16(24)14(22)18(15(23)17(19)25)29-21(31)28-8-2-3-8/h4-8H,2-3H2,1H3,(H2,26,30)(H2,28,29,31). The van der Waals surface area contributed by atoms with E-state index < -0.39 is 46.6 Å². The van der Waals surface area contributed by atoms with Gasteiger partial charge in [-0.15, -0.1) is 0 Å². The fourth-order valence-corrected chi connectivity index (χ4v) is 3.08. The van der Waals surface area contributed by atoms with Gasteiger partial charge in [-0.1, -0.05) is 0 Å². The maximum absolute atomic E-state index is 14.7. The van der Waals surface area contributed by atoms with E-state index in [9.17, 15) is 27.2 Å². The third-order valence-electron chi connectivity index (χ3n) is 4.87. The molecule has 1 saturated carbocycles. The second kappa shape index (κ2) is 8.45. The summed E-state index contributed by atoms with van der Waals surface area (Å²) in [5, 5.41) is 4.22. The summed E-state index contributed by atoms with van der Waals surface area (Å²) in [5.41, 5.74) is 4.13. The van der Waals surface area contributed by atoms with Gasteiger partial charge in [0.1, 0.15) is 17.2 Å². The van der Waals surface area contributed by atoms with E-state index in [0.717, 1.165) is 0 Å². The lowest BCUT2D eigenvalue weighted by molar-refractivity contribution is 0.0997. The van der Waals surface area contributed by atoms with Crippen LogP contribution in [-0.4, -0.2) is 30.1 Å². The molecule has 4 rings (SSSR count). The number of nitrogens with two attached hydrogens (primary N) is 1. The van der Waals surface area contributed by atoms with Crippen LogP contribution in [0.25, 0.3) is 10.9 Å². The largest absolute Gasteiger partial charge is 0.496 e. The van der Waals surface area contributed by atoms with Crippen molar-refractivity contribution >= 4 is 28.5 Å². The van der Waals surface area contributed by atoms with Gasteiger partial charge in [0.15, 0.2) is 11.6 Å². The fourth-order valence-electron chi connectivity index (χ4n) is 3.08. The maximum atomic E-state index is 14.7. The minimum atomic E-state index is -1.87. The Bertz CT molecular complexity index is 1270. The summed E-state index contributed by atoms with van der Waals surface area (Å²) in [7, 11) is 1.30. The number of hydrogen-bond donors (Lipinski definition) is 3. The highest BCUT2D eigenvalue weighted by atomic mass is 19.2. The molecule has 3 amide bonds. The lowest BCUT2D eigenvalue weighted by Gasteiger charge is -2.15. The number of carbonyl (C=O) groups is 2. The van der Waals surface area contributed by atoms with E-state index in [0.29, 0.717) is 12.8 Å². The number of methoxy groups -OCH3 is 1. The van der Waals surface area contributed by atoms with Gasteiger partial charge in [-0.3, -0.25) is 9.78 Å². The normalized spacial score (nSPS) is 13.0. The minimum Gasteiger partial charge on any atom is -0.496 e. The second-order valence-corrected chi connectivity index (χ2v) is 7.18. The number of pyridine rings is 1. The predicted molar refractivity (Wildman–Crippen MR) is 108 cm³/mol. The number of amides is 3. The molecule has 1 heterocycles. The number of ether oxygens (including phenoxy) is 2. The Labute approximate surface area is 183 Å². The number of nitrogens with zero attached hydrogens (tertiary/aromatic N) is 1. The summed E-state index contributed by atoms with van der Waals surface area (Å²) >= 11 is 0. The van der Waals surface area contributed by atoms with Crippen molar-refractivity contribution in [1.29, 1.82) is 0 Å². The van der Waals surface area contributed by atoms with E-state index in [1.807, 2.05) is 0 Å². The van der Waals surface area contributed by atoms with E-state index in [-0.39, 0.29) is 34.0 Å². The van der Waals surface area contributed by atoms with Crippen molar-refractivity contribution in [2.24, 2.45) is 5.73 Å². The number of primary amides is 1. The van der Waals surface area contributed by atoms with Crippen LogP contribution in [-0.2, 0) is 0 Å².